The van der Waals surface area contributed by atoms with E-state index in [4.69, 9.17) is 4.42 Å². The number of carbonyl (C=O) groups excluding carboxylic acids is 1. The average Bonchev–Trinajstić information content (AvgIpc) is 2.98. The molecule has 0 aromatic carbocycles. The number of rotatable bonds is 5. The van der Waals surface area contributed by atoms with E-state index in [0.29, 0.717) is 12.6 Å². The summed E-state index contributed by atoms with van der Waals surface area (Å²) in [6.07, 6.45) is 6.55. The molecule has 1 fully saturated rings. The standard InChI is InChI=1S/C13H20N2O2/c1-10(15-11-5-2-3-6-11)13(16)14-9-12-7-4-8-17-12/h4,7-8,10-11,15H,2-3,5-6,9H2,1H3,(H,14,16). The molecule has 0 spiro atoms. The maximum absolute atomic E-state index is 11.8. The van der Waals surface area contributed by atoms with Crippen molar-refractivity contribution < 1.29 is 9.21 Å². The summed E-state index contributed by atoms with van der Waals surface area (Å²) in [5.74, 6) is 0.819. The summed E-state index contributed by atoms with van der Waals surface area (Å²) in [5, 5.41) is 6.23. The molecule has 4 nitrogen and oxygen atoms in total. The van der Waals surface area contributed by atoms with Gasteiger partial charge in [-0.05, 0) is 31.9 Å². The van der Waals surface area contributed by atoms with E-state index < -0.39 is 0 Å². The minimum atomic E-state index is -0.131. The van der Waals surface area contributed by atoms with Crippen LogP contribution in [0.3, 0.4) is 0 Å². The lowest BCUT2D eigenvalue weighted by Crippen LogP contribution is -2.45. The van der Waals surface area contributed by atoms with Crippen LogP contribution < -0.4 is 10.6 Å². The van der Waals surface area contributed by atoms with Gasteiger partial charge in [0.15, 0.2) is 0 Å². The SMILES string of the molecule is CC(NC1CCCC1)C(=O)NCc1ccco1. The van der Waals surface area contributed by atoms with Gasteiger partial charge in [-0.15, -0.1) is 0 Å². The molecule has 0 bridgehead atoms. The predicted octanol–water partition coefficient (Wildman–Crippen LogP) is 1.82. The third-order valence-corrected chi connectivity index (χ3v) is 3.25. The van der Waals surface area contributed by atoms with Crippen LogP contribution in [-0.4, -0.2) is 18.0 Å². The maximum Gasteiger partial charge on any atom is 0.237 e. The number of furan rings is 1. The van der Waals surface area contributed by atoms with Crippen molar-refractivity contribution in [2.45, 2.75) is 51.2 Å². The van der Waals surface area contributed by atoms with E-state index in [1.165, 1.54) is 25.7 Å². The second kappa shape index (κ2) is 5.87. The molecule has 1 amide bonds. The first-order valence-electron chi connectivity index (χ1n) is 6.32. The van der Waals surface area contributed by atoms with Gasteiger partial charge in [-0.1, -0.05) is 12.8 Å². The highest BCUT2D eigenvalue weighted by Crippen LogP contribution is 2.18. The maximum atomic E-state index is 11.8. The molecule has 1 heterocycles. The minimum Gasteiger partial charge on any atom is -0.467 e. The molecule has 1 aromatic heterocycles. The molecule has 0 saturated heterocycles. The normalized spacial score (nSPS) is 18.2. The van der Waals surface area contributed by atoms with Crippen LogP contribution in [0, 0.1) is 0 Å². The molecule has 1 saturated carbocycles. The van der Waals surface area contributed by atoms with E-state index in [2.05, 4.69) is 10.6 Å². The van der Waals surface area contributed by atoms with Crippen molar-refractivity contribution in [2.24, 2.45) is 0 Å². The number of carbonyl (C=O) groups is 1. The van der Waals surface area contributed by atoms with Crippen LogP contribution in [0.15, 0.2) is 22.8 Å². The van der Waals surface area contributed by atoms with Gasteiger partial charge in [-0.25, -0.2) is 0 Å². The van der Waals surface area contributed by atoms with Crippen LogP contribution in [0.1, 0.15) is 38.4 Å². The molecule has 1 unspecified atom stereocenters. The van der Waals surface area contributed by atoms with Gasteiger partial charge in [0.05, 0.1) is 18.8 Å². The van der Waals surface area contributed by atoms with Crippen molar-refractivity contribution in [3.63, 3.8) is 0 Å². The number of hydrogen-bond acceptors (Lipinski definition) is 3. The third-order valence-electron chi connectivity index (χ3n) is 3.25. The van der Waals surface area contributed by atoms with Crippen molar-refractivity contribution in [1.82, 2.24) is 10.6 Å². The Morgan fingerprint density at radius 2 is 2.29 bits per heavy atom. The van der Waals surface area contributed by atoms with Gasteiger partial charge in [-0.2, -0.15) is 0 Å². The fourth-order valence-corrected chi connectivity index (χ4v) is 2.26. The quantitative estimate of drug-likeness (QED) is 0.820. The zero-order chi connectivity index (χ0) is 12.1. The fraction of sp³-hybridized carbons (Fsp3) is 0.615. The summed E-state index contributed by atoms with van der Waals surface area (Å²) in [5.41, 5.74) is 0. The Labute approximate surface area is 102 Å². The van der Waals surface area contributed by atoms with Crippen LogP contribution in [0.4, 0.5) is 0 Å². The third kappa shape index (κ3) is 3.60. The van der Waals surface area contributed by atoms with Gasteiger partial charge in [0.2, 0.25) is 5.91 Å². The molecule has 17 heavy (non-hydrogen) atoms. The van der Waals surface area contributed by atoms with Crippen LogP contribution in [0.25, 0.3) is 0 Å². The predicted molar refractivity (Wildman–Crippen MR) is 65.4 cm³/mol. The Hall–Kier alpha value is -1.29. The lowest BCUT2D eigenvalue weighted by atomic mass is 10.2. The molecule has 1 atom stereocenters. The molecule has 1 aromatic rings. The van der Waals surface area contributed by atoms with E-state index in [-0.39, 0.29) is 11.9 Å². The van der Waals surface area contributed by atoms with Gasteiger partial charge >= 0.3 is 0 Å². The molecule has 0 radical (unpaired) electrons. The van der Waals surface area contributed by atoms with Crippen LogP contribution in [0.5, 0.6) is 0 Å². The smallest absolute Gasteiger partial charge is 0.237 e. The second-order valence-corrected chi connectivity index (χ2v) is 4.67. The molecule has 4 heteroatoms. The van der Waals surface area contributed by atoms with Gasteiger partial charge < -0.3 is 15.1 Å². The summed E-state index contributed by atoms with van der Waals surface area (Å²) in [7, 11) is 0. The summed E-state index contributed by atoms with van der Waals surface area (Å²) in [6.45, 7) is 2.37. The van der Waals surface area contributed by atoms with Crippen LogP contribution in [0.2, 0.25) is 0 Å². The Bertz CT molecular complexity index is 342. The highest BCUT2D eigenvalue weighted by Gasteiger charge is 2.20. The van der Waals surface area contributed by atoms with Crippen molar-refractivity contribution in [3.05, 3.63) is 24.2 Å². The van der Waals surface area contributed by atoms with Crippen molar-refractivity contribution in [3.8, 4) is 0 Å². The molecular formula is C13H20N2O2. The van der Waals surface area contributed by atoms with Crippen LogP contribution in [-0.2, 0) is 11.3 Å². The lowest BCUT2D eigenvalue weighted by Gasteiger charge is -2.18. The molecule has 94 valence electrons. The summed E-state index contributed by atoms with van der Waals surface area (Å²) in [6, 6.07) is 4.06. The van der Waals surface area contributed by atoms with Gasteiger partial charge in [0.1, 0.15) is 5.76 Å². The summed E-state index contributed by atoms with van der Waals surface area (Å²) >= 11 is 0. The second-order valence-electron chi connectivity index (χ2n) is 4.67. The molecule has 2 rings (SSSR count). The van der Waals surface area contributed by atoms with Crippen molar-refractivity contribution in [2.75, 3.05) is 0 Å². The Balaban J connectivity index is 1.71. The van der Waals surface area contributed by atoms with Gasteiger partial charge in [0.25, 0.3) is 0 Å². The highest BCUT2D eigenvalue weighted by molar-refractivity contribution is 5.81. The molecule has 0 aliphatic heterocycles. The van der Waals surface area contributed by atoms with E-state index in [9.17, 15) is 4.79 Å². The van der Waals surface area contributed by atoms with Crippen LogP contribution >= 0.6 is 0 Å². The molecule has 1 aliphatic carbocycles. The van der Waals surface area contributed by atoms with E-state index in [0.717, 1.165) is 5.76 Å². The van der Waals surface area contributed by atoms with Gasteiger partial charge in [-0.3, -0.25) is 4.79 Å². The van der Waals surface area contributed by atoms with Crippen molar-refractivity contribution in [1.29, 1.82) is 0 Å². The first kappa shape index (κ1) is 12.2. The first-order chi connectivity index (χ1) is 8.25. The minimum absolute atomic E-state index is 0.0355. The van der Waals surface area contributed by atoms with E-state index in [1.54, 1.807) is 6.26 Å². The zero-order valence-corrected chi connectivity index (χ0v) is 10.2. The number of hydrogen-bond donors (Lipinski definition) is 2. The first-order valence-corrected chi connectivity index (χ1v) is 6.32. The average molecular weight is 236 g/mol. The molecule has 1 aliphatic rings. The molecule has 2 N–H and O–H groups in total. The number of amides is 1. The summed E-state index contributed by atoms with van der Waals surface area (Å²) < 4.78 is 5.16. The number of nitrogens with one attached hydrogen (secondary N) is 2. The Morgan fingerprint density at radius 3 is 2.94 bits per heavy atom. The highest BCUT2D eigenvalue weighted by atomic mass is 16.3. The summed E-state index contributed by atoms with van der Waals surface area (Å²) in [4.78, 5) is 11.8. The topological polar surface area (TPSA) is 54.3 Å². The Morgan fingerprint density at radius 1 is 1.53 bits per heavy atom. The largest absolute Gasteiger partial charge is 0.467 e. The van der Waals surface area contributed by atoms with E-state index in [1.807, 2.05) is 19.1 Å². The van der Waals surface area contributed by atoms with E-state index >= 15 is 0 Å². The lowest BCUT2D eigenvalue weighted by molar-refractivity contribution is -0.123. The van der Waals surface area contributed by atoms with Gasteiger partial charge in [0, 0.05) is 6.04 Å². The zero-order valence-electron chi connectivity index (χ0n) is 10.2. The fourth-order valence-electron chi connectivity index (χ4n) is 2.26. The monoisotopic (exact) mass is 236 g/mol. The molecular weight excluding hydrogens is 216 g/mol. The van der Waals surface area contributed by atoms with Crippen molar-refractivity contribution >= 4 is 5.91 Å². The Kier molecular flexibility index (Phi) is 4.20.